The van der Waals surface area contributed by atoms with E-state index in [0.29, 0.717) is 17.7 Å². The summed E-state index contributed by atoms with van der Waals surface area (Å²) in [6.45, 7) is 4.11. The van der Waals surface area contributed by atoms with Crippen LogP contribution in [0.25, 0.3) is 0 Å². The van der Waals surface area contributed by atoms with E-state index in [1.165, 1.54) is 0 Å². The second kappa shape index (κ2) is 6.78. The summed E-state index contributed by atoms with van der Waals surface area (Å²) in [5, 5.41) is 6.38. The van der Waals surface area contributed by atoms with Gasteiger partial charge in [-0.3, -0.25) is 0 Å². The van der Waals surface area contributed by atoms with E-state index < -0.39 is 0 Å². The summed E-state index contributed by atoms with van der Waals surface area (Å²) in [5.41, 5.74) is 0.778. The van der Waals surface area contributed by atoms with E-state index in [2.05, 4.69) is 34.4 Å². The Labute approximate surface area is 124 Å². The molecule has 0 fully saturated rings. The van der Waals surface area contributed by atoms with Crippen LogP contribution in [0.4, 0.5) is 17.5 Å². The van der Waals surface area contributed by atoms with Crippen LogP contribution in [-0.2, 0) is 0 Å². The zero-order valence-corrected chi connectivity index (χ0v) is 12.7. The van der Waals surface area contributed by atoms with Gasteiger partial charge < -0.3 is 20.1 Å². The van der Waals surface area contributed by atoms with Crippen molar-refractivity contribution in [1.82, 2.24) is 9.97 Å². The van der Waals surface area contributed by atoms with E-state index in [9.17, 15) is 0 Å². The van der Waals surface area contributed by atoms with Gasteiger partial charge in [0.15, 0.2) is 0 Å². The SMILES string of the molecule is COc1ccc(Nc2nccc(NC(C)C)n2)c(OC)c1. The average molecular weight is 288 g/mol. The van der Waals surface area contributed by atoms with Gasteiger partial charge in [-0.25, -0.2) is 4.98 Å². The molecule has 1 heterocycles. The van der Waals surface area contributed by atoms with Crippen LogP contribution in [0, 0.1) is 0 Å². The molecule has 0 saturated carbocycles. The number of aromatic nitrogens is 2. The molecule has 0 saturated heterocycles. The molecule has 21 heavy (non-hydrogen) atoms. The van der Waals surface area contributed by atoms with Crippen LogP contribution >= 0.6 is 0 Å². The summed E-state index contributed by atoms with van der Waals surface area (Å²) >= 11 is 0. The van der Waals surface area contributed by atoms with Gasteiger partial charge in [0.2, 0.25) is 5.95 Å². The lowest BCUT2D eigenvalue weighted by Crippen LogP contribution is -2.11. The van der Waals surface area contributed by atoms with Crippen LogP contribution in [-0.4, -0.2) is 30.2 Å². The molecule has 1 aromatic heterocycles. The molecule has 0 spiro atoms. The molecule has 0 bridgehead atoms. The summed E-state index contributed by atoms with van der Waals surface area (Å²) in [7, 11) is 3.23. The standard InChI is InChI=1S/C15H20N4O2/c1-10(2)17-14-7-8-16-15(19-14)18-12-6-5-11(20-3)9-13(12)21-4/h5-10H,1-4H3,(H2,16,17,18,19). The first-order chi connectivity index (χ1) is 10.1. The highest BCUT2D eigenvalue weighted by Crippen LogP contribution is 2.30. The topological polar surface area (TPSA) is 68.3 Å². The van der Waals surface area contributed by atoms with E-state index in [4.69, 9.17) is 9.47 Å². The van der Waals surface area contributed by atoms with E-state index >= 15 is 0 Å². The predicted octanol–water partition coefficient (Wildman–Crippen LogP) is 3.06. The molecule has 1 aromatic carbocycles. The molecule has 0 unspecified atom stereocenters. The van der Waals surface area contributed by atoms with Gasteiger partial charge in [0.25, 0.3) is 0 Å². The smallest absolute Gasteiger partial charge is 0.229 e. The molecule has 6 heteroatoms. The zero-order chi connectivity index (χ0) is 15.2. The maximum Gasteiger partial charge on any atom is 0.229 e. The first kappa shape index (κ1) is 14.9. The summed E-state index contributed by atoms with van der Waals surface area (Å²) < 4.78 is 10.5. The fraction of sp³-hybridized carbons (Fsp3) is 0.333. The summed E-state index contributed by atoms with van der Waals surface area (Å²) in [6.07, 6.45) is 1.70. The molecule has 2 rings (SSSR count). The third-order valence-corrected chi connectivity index (χ3v) is 2.75. The largest absolute Gasteiger partial charge is 0.497 e. The maximum absolute atomic E-state index is 5.34. The van der Waals surface area contributed by atoms with E-state index in [0.717, 1.165) is 17.3 Å². The van der Waals surface area contributed by atoms with Crippen molar-refractivity contribution in [3.63, 3.8) is 0 Å². The van der Waals surface area contributed by atoms with E-state index in [1.807, 2.05) is 18.2 Å². The van der Waals surface area contributed by atoms with Gasteiger partial charge in [0.1, 0.15) is 17.3 Å². The van der Waals surface area contributed by atoms with Gasteiger partial charge in [-0.1, -0.05) is 0 Å². The average Bonchev–Trinajstić information content (AvgIpc) is 2.47. The molecular weight excluding hydrogens is 268 g/mol. The van der Waals surface area contributed by atoms with Crippen molar-refractivity contribution in [1.29, 1.82) is 0 Å². The Bertz CT molecular complexity index is 602. The Kier molecular flexibility index (Phi) is 4.81. The Hall–Kier alpha value is -2.50. The molecule has 112 valence electrons. The summed E-state index contributed by atoms with van der Waals surface area (Å²) in [5.74, 6) is 2.67. The van der Waals surface area contributed by atoms with E-state index in [-0.39, 0.29) is 0 Å². The molecule has 0 aliphatic carbocycles. The lowest BCUT2D eigenvalue weighted by Gasteiger charge is -2.13. The molecule has 0 aliphatic heterocycles. The zero-order valence-electron chi connectivity index (χ0n) is 12.7. The minimum atomic E-state index is 0.309. The third-order valence-electron chi connectivity index (χ3n) is 2.75. The van der Waals surface area contributed by atoms with Crippen molar-refractivity contribution in [2.24, 2.45) is 0 Å². The number of methoxy groups -OCH3 is 2. The number of ether oxygens (including phenoxy) is 2. The second-order valence-electron chi connectivity index (χ2n) is 4.76. The Morgan fingerprint density at radius 1 is 1.10 bits per heavy atom. The minimum Gasteiger partial charge on any atom is -0.497 e. The van der Waals surface area contributed by atoms with Crippen molar-refractivity contribution in [2.75, 3.05) is 24.9 Å². The van der Waals surface area contributed by atoms with Gasteiger partial charge in [-0.05, 0) is 32.0 Å². The normalized spacial score (nSPS) is 10.3. The number of nitrogens with one attached hydrogen (secondary N) is 2. The number of rotatable bonds is 6. The van der Waals surface area contributed by atoms with Crippen molar-refractivity contribution < 1.29 is 9.47 Å². The number of anilines is 3. The van der Waals surface area contributed by atoms with Crippen molar-refractivity contribution >= 4 is 17.5 Å². The van der Waals surface area contributed by atoms with Crippen molar-refractivity contribution in [3.05, 3.63) is 30.5 Å². The molecule has 0 amide bonds. The van der Waals surface area contributed by atoms with Gasteiger partial charge in [0.05, 0.1) is 19.9 Å². The van der Waals surface area contributed by atoms with E-state index in [1.54, 1.807) is 26.5 Å². The Morgan fingerprint density at radius 2 is 1.90 bits per heavy atom. The molecule has 0 atom stereocenters. The van der Waals surface area contributed by atoms with Gasteiger partial charge in [-0.2, -0.15) is 4.98 Å². The van der Waals surface area contributed by atoms with Crippen LogP contribution in [0.1, 0.15) is 13.8 Å². The lowest BCUT2D eigenvalue weighted by molar-refractivity contribution is 0.395. The van der Waals surface area contributed by atoms with Gasteiger partial charge >= 0.3 is 0 Å². The maximum atomic E-state index is 5.34. The quantitative estimate of drug-likeness (QED) is 0.851. The first-order valence-electron chi connectivity index (χ1n) is 6.71. The Balaban J connectivity index is 2.21. The predicted molar refractivity (Wildman–Crippen MR) is 83.6 cm³/mol. The first-order valence-corrected chi connectivity index (χ1v) is 6.71. The number of hydrogen-bond acceptors (Lipinski definition) is 6. The fourth-order valence-corrected chi connectivity index (χ4v) is 1.82. The number of benzene rings is 1. The van der Waals surface area contributed by atoms with Crippen LogP contribution in [0.5, 0.6) is 11.5 Å². The van der Waals surface area contributed by atoms with Gasteiger partial charge in [0, 0.05) is 18.3 Å². The molecule has 2 N–H and O–H groups in total. The van der Waals surface area contributed by atoms with Gasteiger partial charge in [-0.15, -0.1) is 0 Å². The third kappa shape index (κ3) is 3.98. The molecule has 0 aliphatic rings. The molecule has 6 nitrogen and oxygen atoms in total. The molecule has 2 aromatic rings. The highest BCUT2D eigenvalue weighted by molar-refractivity contribution is 5.64. The molecule has 0 radical (unpaired) electrons. The van der Waals surface area contributed by atoms with Crippen molar-refractivity contribution in [3.8, 4) is 11.5 Å². The minimum absolute atomic E-state index is 0.309. The van der Waals surface area contributed by atoms with Crippen LogP contribution in [0.2, 0.25) is 0 Å². The van der Waals surface area contributed by atoms with Crippen LogP contribution in [0.3, 0.4) is 0 Å². The number of hydrogen-bond donors (Lipinski definition) is 2. The second-order valence-corrected chi connectivity index (χ2v) is 4.76. The van der Waals surface area contributed by atoms with Crippen LogP contribution in [0.15, 0.2) is 30.5 Å². The highest BCUT2D eigenvalue weighted by Gasteiger charge is 2.07. The van der Waals surface area contributed by atoms with Crippen LogP contribution < -0.4 is 20.1 Å². The van der Waals surface area contributed by atoms with Crippen molar-refractivity contribution in [2.45, 2.75) is 19.9 Å². The highest BCUT2D eigenvalue weighted by atomic mass is 16.5. The lowest BCUT2D eigenvalue weighted by atomic mass is 10.2. The monoisotopic (exact) mass is 288 g/mol. The fourth-order valence-electron chi connectivity index (χ4n) is 1.82. The Morgan fingerprint density at radius 3 is 2.57 bits per heavy atom. The molecular formula is C15H20N4O2. The summed E-state index contributed by atoms with van der Waals surface area (Å²) in [6, 6.07) is 7.66. The summed E-state index contributed by atoms with van der Waals surface area (Å²) in [4.78, 5) is 8.62. The number of nitrogens with zero attached hydrogens (tertiary/aromatic N) is 2.